The summed E-state index contributed by atoms with van der Waals surface area (Å²) in [5.74, 6) is 0.784. The van der Waals surface area contributed by atoms with E-state index in [1.807, 2.05) is 42.5 Å². The van der Waals surface area contributed by atoms with Gasteiger partial charge in [-0.05, 0) is 43.7 Å². The van der Waals surface area contributed by atoms with Crippen LogP contribution in [0.1, 0.15) is 19.3 Å². The number of nitrogens with zero attached hydrogens (tertiary/aromatic N) is 1. The average molecular weight is 369 g/mol. The number of nitrogens with one attached hydrogen (secondary N) is 3. The number of carbonyl (C=O) groups is 1. The predicted octanol–water partition coefficient (Wildman–Crippen LogP) is 3.75. The van der Waals surface area contributed by atoms with Crippen molar-refractivity contribution in [1.29, 1.82) is 0 Å². The van der Waals surface area contributed by atoms with E-state index < -0.39 is 0 Å². The van der Waals surface area contributed by atoms with Gasteiger partial charge in [0.15, 0.2) is 0 Å². The van der Waals surface area contributed by atoms with Crippen molar-refractivity contribution in [1.82, 2.24) is 10.3 Å². The lowest BCUT2D eigenvalue weighted by molar-refractivity contribution is -0.116. The van der Waals surface area contributed by atoms with Crippen molar-refractivity contribution in [2.45, 2.75) is 25.3 Å². The van der Waals surface area contributed by atoms with Crippen LogP contribution in [0.4, 0.5) is 17.2 Å². The Morgan fingerprint density at radius 2 is 1.92 bits per heavy atom. The van der Waals surface area contributed by atoms with E-state index in [1.165, 1.54) is 0 Å². The van der Waals surface area contributed by atoms with Crippen molar-refractivity contribution in [3.63, 3.8) is 0 Å². The number of hydrogen-bond donors (Lipinski definition) is 3. The summed E-state index contributed by atoms with van der Waals surface area (Å²) in [6.07, 6.45) is 4.42. The highest BCUT2D eigenvalue weighted by Gasteiger charge is 2.17. The second kappa shape index (κ2) is 10.1. The SMILES string of the molecule is Cl.Cl.O=C(CC1CCCN1)Nc1ccc(Nc2ccccc2)nc1. The zero-order valence-electron chi connectivity index (χ0n) is 13.2. The van der Waals surface area contributed by atoms with Crippen LogP contribution in [0.25, 0.3) is 0 Å². The van der Waals surface area contributed by atoms with Crippen molar-refractivity contribution in [2.24, 2.45) is 0 Å². The van der Waals surface area contributed by atoms with Crippen LogP contribution in [0.2, 0.25) is 0 Å². The van der Waals surface area contributed by atoms with Gasteiger partial charge in [-0.25, -0.2) is 4.98 Å². The highest BCUT2D eigenvalue weighted by atomic mass is 35.5. The lowest BCUT2D eigenvalue weighted by atomic mass is 10.1. The maximum absolute atomic E-state index is 11.9. The minimum atomic E-state index is 0. The second-order valence-electron chi connectivity index (χ2n) is 5.47. The first-order chi connectivity index (χ1) is 10.8. The number of pyridine rings is 1. The molecule has 5 nitrogen and oxygen atoms in total. The van der Waals surface area contributed by atoms with E-state index in [1.54, 1.807) is 6.20 Å². The van der Waals surface area contributed by atoms with Gasteiger partial charge in [0.25, 0.3) is 0 Å². The number of benzene rings is 1. The van der Waals surface area contributed by atoms with Gasteiger partial charge in [-0.15, -0.1) is 24.8 Å². The first-order valence-electron chi connectivity index (χ1n) is 7.61. The molecule has 0 bridgehead atoms. The Labute approximate surface area is 154 Å². The van der Waals surface area contributed by atoms with Crippen molar-refractivity contribution < 1.29 is 4.79 Å². The number of rotatable bonds is 5. The molecule has 1 aromatic heterocycles. The summed E-state index contributed by atoms with van der Waals surface area (Å²) in [5.41, 5.74) is 1.71. The quantitative estimate of drug-likeness (QED) is 0.751. The van der Waals surface area contributed by atoms with Crippen molar-refractivity contribution in [3.05, 3.63) is 48.7 Å². The van der Waals surface area contributed by atoms with E-state index in [0.717, 1.165) is 36.6 Å². The highest BCUT2D eigenvalue weighted by Crippen LogP contribution is 2.16. The molecule has 1 aliphatic rings. The molecule has 1 atom stereocenters. The zero-order chi connectivity index (χ0) is 15.2. The molecule has 0 aliphatic carbocycles. The Hall–Kier alpha value is -1.82. The number of hydrogen-bond acceptors (Lipinski definition) is 4. The average Bonchev–Trinajstić information content (AvgIpc) is 3.03. The Morgan fingerprint density at radius 3 is 2.54 bits per heavy atom. The van der Waals surface area contributed by atoms with Crippen LogP contribution in [0.3, 0.4) is 0 Å². The first-order valence-corrected chi connectivity index (χ1v) is 7.61. The molecule has 0 saturated carbocycles. The molecule has 7 heteroatoms. The molecule has 1 unspecified atom stereocenters. The van der Waals surface area contributed by atoms with Crippen LogP contribution >= 0.6 is 24.8 Å². The van der Waals surface area contributed by atoms with Gasteiger partial charge in [0.1, 0.15) is 5.82 Å². The molecule has 2 heterocycles. The van der Waals surface area contributed by atoms with Crippen molar-refractivity contribution >= 4 is 47.9 Å². The Morgan fingerprint density at radius 1 is 1.12 bits per heavy atom. The van der Waals surface area contributed by atoms with Gasteiger partial charge in [0.2, 0.25) is 5.91 Å². The maximum Gasteiger partial charge on any atom is 0.225 e. The molecule has 3 rings (SSSR count). The monoisotopic (exact) mass is 368 g/mol. The fraction of sp³-hybridized carbons (Fsp3) is 0.294. The molecule has 1 amide bonds. The molecule has 1 aliphatic heterocycles. The molecular formula is C17H22Cl2N4O. The second-order valence-corrected chi connectivity index (χ2v) is 5.47. The fourth-order valence-corrected chi connectivity index (χ4v) is 2.58. The van der Waals surface area contributed by atoms with Crippen LogP contribution in [0.5, 0.6) is 0 Å². The van der Waals surface area contributed by atoms with E-state index in [4.69, 9.17) is 0 Å². The topological polar surface area (TPSA) is 66.1 Å². The first kappa shape index (κ1) is 20.2. The molecule has 130 valence electrons. The Bertz CT molecular complexity index is 616. The zero-order valence-corrected chi connectivity index (χ0v) is 14.8. The maximum atomic E-state index is 11.9. The Kier molecular flexibility index (Phi) is 8.54. The van der Waals surface area contributed by atoms with Gasteiger partial charge in [-0.2, -0.15) is 0 Å². The normalized spacial score (nSPS) is 15.8. The fourth-order valence-electron chi connectivity index (χ4n) is 2.58. The van der Waals surface area contributed by atoms with E-state index >= 15 is 0 Å². The van der Waals surface area contributed by atoms with E-state index in [2.05, 4.69) is 20.9 Å². The molecule has 1 aromatic carbocycles. The van der Waals surface area contributed by atoms with Crippen molar-refractivity contribution in [3.8, 4) is 0 Å². The predicted molar refractivity (Wildman–Crippen MR) is 103 cm³/mol. The Balaban J connectivity index is 0.00000144. The molecule has 3 N–H and O–H groups in total. The van der Waals surface area contributed by atoms with E-state index in [0.29, 0.717) is 12.5 Å². The standard InChI is InChI=1S/C17H20N4O.2ClH/c22-17(11-14-7-4-10-18-14)21-15-8-9-16(19-12-15)20-13-5-2-1-3-6-13;;/h1-3,5-6,8-9,12,14,18H,4,7,10-11H2,(H,19,20)(H,21,22);2*1H. The summed E-state index contributed by atoms with van der Waals surface area (Å²) >= 11 is 0. The van der Waals surface area contributed by atoms with Gasteiger partial charge in [-0.1, -0.05) is 18.2 Å². The number of para-hydroxylation sites is 1. The summed E-state index contributed by atoms with van der Waals surface area (Å²) in [5, 5.41) is 9.42. The molecular weight excluding hydrogens is 347 g/mol. The molecule has 24 heavy (non-hydrogen) atoms. The third-order valence-corrected chi connectivity index (χ3v) is 3.69. The van der Waals surface area contributed by atoms with Crippen molar-refractivity contribution in [2.75, 3.05) is 17.2 Å². The number of aromatic nitrogens is 1. The smallest absolute Gasteiger partial charge is 0.225 e. The molecule has 0 spiro atoms. The van der Waals surface area contributed by atoms with Gasteiger partial charge < -0.3 is 16.0 Å². The lowest BCUT2D eigenvalue weighted by Crippen LogP contribution is -2.27. The summed E-state index contributed by atoms with van der Waals surface area (Å²) < 4.78 is 0. The van der Waals surface area contributed by atoms with E-state index in [9.17, 15) is 4.79 Å². The highest BCUT2D eigenvalue weighted by molar-refractivity contribution is 5.91. The minimum absolute atomic E-state index is 0. The molecule has 1 saturated heterocycles. The number of carbonyl (C=O) groups excluding carboxylic acids is 1. The molecule has 2 aromatic rings. The van der Waals surface area contributed by atoms with Gasteiger partial charge in [-0.3, -0.25) is 4.79 Å². The van der Waals surface area contributed by atoms with Crippen LogP contribution in [0.15, 0.2) is 48.7 Å². The van der Waals surface area contributed by atoms with Gasteiger partial charge in [0, 0.05) is 18.2 Å². The van der Waals surface area contributed by atoms with Crippen LogP contribution in [-0.2, 0) is 4.79 Å². The van der Waals surface area contributed by atoms with E-state index in [-0.39, 0.29) is 30.7 Å². The van der Waals surface area contributed by atoms with Crippen LogP contribution < -0.4 is 16.0 Å². The molecule has 0 radical (unpaired) electrons. The third kappa shape index (κ3) is 6.00. The van der Waals surface area contributed by atoms with Gasteiger partial charge >= 0.3 is 0 Å². The summed E-state index contributed by atoms with van der Waals surface area (Å²) in [7, 11) is 0. The minimum Gasteiger partial charge on any atom is -0.340 e. The number of anilines is 3. The summed E-state index contributed by atoms with van der Waals surface area (Å²) in [6.45, 7) is 1.01. The molecule has 1 fully saturated rings. The lowest BCUT2D eigenvalue weighted by Gasteiger charge is -2.11. The third-order valence-electron chi connectivity index (χ3n) is 3.69. The number of halogens is 2. The van der Waals surface area contributed by atoms with Gasteiger partial charge in [0.05, 0.1) is 11.9 Å². The largest absolute Gasteiger partial charge is 0.340 e. The summed E-state index contributed by atoms with van der Waals surface area (Å²) in [6, 6.07) is 13.9. The van der Waals surface area contributed by atoms with Crippen LogP contribution in [0, 0.1) is 0 Å². The number of amides is 1. The summed E-state index contributed by atoms with van der Waals surface area (Å²) in [4.78, 5) is 16.3. The van der Waals surface area contributed by atoms with Crippen LogP contribution in [-0.4, -0.2) is 23.5 Å².